The van der Waals surface area contributed by atoms with Crippen LogP contribution >= 0.6 is 0 Å². The van der Waals surface area contributed by atoms with E-state index in [-0.39, 0.29) is 17.6 Å². The van der Waals surface area contributed by atoms with E-state index in [4.69, 9.17) is 4.74 Å². The van der Waals surface area contributed by atoms with E-state index < -0.39 is 5.60 Å². The molecule has 2 aliphatic rings. The lowest BCUT2D eigenvalue weighted by molar-refractivity contribution is -0.173. The van der Waals surface area contributed by atoms with Gasteiger partial charge in [0.15, 0.2) is 5.60 Å². The van der Waals surface area contributed by atoms with E-state index in [1.807, 2.05) is 41.4 Å². The average Bonchev–Trinajstić information content (AvgIpc) is 3.17. The summed E-state index contributed by atoms with van der Waals surface area (Å²) in [7, 11) is 0. The second-order valence-electron chi connectivity index (χ2n) is 8.46. The van der Waals surface area contributed by atoms with E-state index >= 15 is 0 Å². The number of benzene rings is 1. The molecule has 2 aromatic heterocycles. The highest BCUT2D eigenvalue weighted by molar-refractivity contribution is 5.88. The molecule has 1 spiro atoms. The average molecular weight is 432 g/mol. The lowest BCUT2D eigenvalue weighted by Crippen LogP contribution is -2.59. The Hall–Kier alpha value is -3.16. The van der Waals surface area contributed by atoms with Crippen molar-refractivity contribution >= 4 is 5.91 Å². The van der Waals surface area contributed by atoms with E-state index in [0.717, 1.165) is 16.7 Å². The summed E-state index contributed by atoms with van der Waals surface area (Å²) in [5, 5.41) is 0. The Morgan fingerprint density at radius 1 is 1.03 bits per heavy atom. The van der Waals surface area contributed by atoms with E-state index in [0.29, 0.717) is 39.3 Å². The van der Waals surface area contributed by atoms with Gasteiger partial charge in [-0.25, -0.2) is 4.39 Å². The van der Waals surface area contributed by atoms with Gasteiger partial charge in [0.2, 0.25) is 0 Å². The summed E-state index contributed by atoms with van der Waals surface area (Å²) >= 11 is 0. The highest BCUT2D eigenvalue weighted by Gasteiger charge is 2.56. The van der Waals surface area contributed by atoms with Crippen LogP contribution in [0.15, 0.2) is 73.3 Å². The van der Waals surface area contributed by atoms with Crippen LogP contribution in [0.2, 0.25) is 0 Å². The van der Waals surface area contributed by atoms with Gasteiger partial charge in [0.1, 0.15) is 5.82 Å². The highest BCUT2D eigenvalue weighted by atomic mass is 19.1. The molecule has 0 radical (unpaired) electrons. The van der Waals surface area contributed by atoms with Gasteiger partial charge in [-0.15, -0.1) is 0 Å². The van der Waals surface area contributed by atoms with Gasteiger partial charge in [0.05, 0.1) is 6.61 Å². The Morgan fingerprint density at radius 3 is 2.69 bits per heavy atom. The number of hydrogen-bond acceptors (Lipinski definition) is 5. The molecule has 1 amide bonds. The van der Waals surface area contributed by atoms with Crippen molar-refractivity contribution in [3.05, 3.63) is 95.8 Å². The van der Waals surface area contributed by atoms with Crippen LogP contribution in [0.5, 0.6) is 0 Å². The van der Waals surface area contributed by atoms with Crippen LogP contribution in [0.3, 0.4) is 0 Å². The molecule has 4 heterocycles. The smallest absolute Gasteiger partial charge is 0.257 e. The molecule has 0 bridgehead atoms. The zero-order valence-electron chi connectivity index (χ0n) is 17.7. The molecule has 1 aromatic carbocycles. The van der Waals surface area contributed by atoms with Crippen molar-refractivity contribution < 1.29 is 13.9 Å². The molecular weight excluding hydrogens is 407 g/mol. The van der Waals surface area contributed by atoms with Crippen LogP contribution < -0.4 is 0 Å². The van der Waals surface area contributed by atoms with Crippen LogP contribution in [-0.2, 0) is 22.6 Å². The molecule has 6 nitrogen and oxygen atoms in total. The fraction of sp³-hybridized carbons (Fsp3) is 0.320. The molecule has 0 N–H and O–H groups in total. The Kier molecular flexibility index (Phi) is 5.68. The van der Waals surface area contributed by atoms with Crippen LogP contribution in [0.4, 0.5) is 4.39 Å². The fourth-order valence-corrected chi connectivity index (χ4v) is 4.87. The molecule has 5 rings (SSSR count). The lowest BCUT2D eigenvalue weighted by atomic mass is 9.83. The summed E-state index contributed by atoms with van der Waals surface area (Å²) in [5.41, 5.74) is 1.91. The minimum Gasteiger partial charge on any atom is -0.361 e. The van der Waals surface area contributed by atoms with Crippen LogP contribution in [0.25, 0.3) is 0 Å². The standard InChI is InChI=1S/C25H25FN4O2/c26-22-5-1-3-20(13-22)15-29-17-23(21-4-2-8-28-14-21)25(18-29)24(31)30(11-12-32-25)16-19-6-9-27-10-7-19/h1-10,13-14,23H,11-12,15-18H2/t23-,25-/m1/s1. The number of hydrogen-bond donors (Lipinski definition) is 0. The zero-order valence-corrected chi connectivity index (χ0v) is 17.7. The number of morpholine rings is 1. The number of nitrogens with zero attached hydrogens (tertiary/aromatic N) is 4. The molecule has 32 heavy (non-hydrogen) atoms. The molecule has 2 fully saturated rings. The Labute approximate surface area is 186 Å². The number of carbonyl (C=O) groups is 1. The second kappa shape index (κ2) is 8.76. The number of carbonyl (C=O) groups excluding carboxylic acids is 1. The number of likely N-dealkylation sites (tertiary alicyclic amines) is 1. The van der Waals surface area contributed by atoms with Crippen molar-refractivity contribution in [2.75, 3.05) is 26.2 Å². The SMILES string of the molecule is O=C1N(Cc2ccncc2)CCO[C@@]12CN(Cc1cccc(F)c1)C[C@@H]2c1cccnc1. The second-order valence-corrected chi connectivity index (χ2v) is 8.46. The third-order valence-electron chi connectivity index (χ3n) is 6.34. The van der Waals surface area contributed by atoms with Crippen molar-refractivity contribution in [1.29, 1.82) is 0 Å². The normalized spacial score (nSPS) is 23.7. The van der Waals surface area contributed by atoms with Crippen molar-refractivity contribution in [3.8, 4) is 0 Å². The molecule has 0 saturated carbocycles. The van der Waals surface area contributed by atoms with Gasteiger partial charge in [-0.3, -0.25) is 19.7 Å². The fourth-order valence-electron chi connectivity index (χ4n) is 4.87. The van der Waals surface area contributed by atoms with Gasteiger partial charge in [-0.1, -0.05) is 18.2 Å². The van der Waals surface area contributed by atoms with Crippen molar-refractivity contribution in [1.82, 2.24) is 19.8 Å². The van der Waals surface area contributed by atoms with Gasteiger partial charge in [0.25, 0.3) is 5.91 Å². The summed E-state index contributed by atoms with van der Waals surface area (Å²) in [6.45, 7) is 3.19. The minimum atomic E-state index is -0.984. The Balaban J connectivity index is 1.45. The van der Waals surface area contributed by atoms with E-state index in [2.05, 4.69) is 14.9 Å². The molecule has 0 unspecified atom stereocenters. The first-order chi connectivity index (χ1) is 15.6. The number of halogens is 1. The summed E-state index contributed by atoms with van der Waals surface area (Å²) in [6, 6.07) is 14.4. The summed E-state index contributed by atoms with van der Waals surface area (Å²) in [5.74, 6) is -0.414. The van der Waals surface area contributed by atoms with Gasteiger partial charge < -0.3 is 9.64 Å². The topological polar surface area (TPSA) is 58.6 Å². The number of amides is 1. The Bertz CT molecular complexity index is 1080. The molecule has 2 aliphatic heterocycles. The van der Waals surface area contributed by atoms with Gasteiger partial charge in [-0.2, -0.15) is 0 Å². The van der Waals surface area contributed by atoms with E-state index in [9.17, 15) is 9.18 Å². The number of aromatic nitrogens is 2. The third kappa shape index (κ3) is 4.01. The number of pyridine rings is 2. The first-order valence-electron chi connectivity index (χ1n) is 10.8. The largest absolute Gasteiger partial charge is 0.361 e. The zero-order chi connectivity index (χ0) is 22.0. The van der Waals surface area contributed by atoms with E-state index in [1.165, 1.54) is 6.07 Å². The van der Waals surface area contributed by atoms with Crippen LogP contribution in [0.1, 0.15) is 22.6 Å². The maximum Gasteiger partial charge on any atom is 0.257 e. The molecular formula is C25H25FN4O2. The van der Waals surface area contributed by atoms with Crippen molar-refractivity contribution in [3.63, 3.8) is 0 Å². The van der Waals surface area contributed by atoms with Gasteiger partial charge in [-0.05, 0) is 47.0 Å². The number of ether oxygens (including phenoxy) is 1. The van der Waals surface area contributed by atoms with Crippen LogP contribution in [-0.4, -0.2) is 57.5 Å². The first kappa shape index (κ1) is 20.7. The van der Waals surface area contributed by atoms with Crippen molar-refractivity contribution in [2.24, 2.45) is 0 Å². The number of rotatable bonds is 5. The van der Waals surface area contributed by atoms with Crippen LogP contribution in [0, 0.1) is 5.82 Å². The highest BCUT2D eigenvalue weighted by Crippen LogP contribution is 2.42. The molecule has 0 aliphatic carbocycles. The monoisotopic (exact) mass is 432 g/mol. The molecule has 3 aromatic rings. The lowest BCUT2D eigenvalue weighted by Gasteiger charge is -2.42. The third-order valence-corrected chi connectivity index (χ3v) is 6.34. The maximum absolute atomic E-state index is 13.9. The molecule has 2 atom stereocenters. The molecule has 164 valence electrons. The minimum absolute atomic E-state index is 0.00356. The van der Waals surface area contributed by atoms with Gasteiger partial charge >= 0.3 is 0 Å². The molecule has 7 heteroatoms. The first-order valence-corrected chi connectivity index (χ1v) is 10.8. The van der Waals surface area contributed by atoms with E-state index in [1.54, 1.807) is 30.7 Å². The molecule has 2 saturated heterocycles. The van der Waals surface area contributed by atoms with Crippen molar-refractivity contribution in [2.45, 2.75) is 24.6 Å². The Morgan fingerprint density at radius 2 is 1.91 bits per heavy atom. The predicted molar refractivity (Wildman–Crippen MR) is 117 cm³/mol. The summed E-state index contributed by atoms with van der Waals surface area (Å²) in [6.07, 6.45) is 7.03. The predicted octanol–water partition coefficient (Wildman–Crippen LogP) is 3.01. The maximum atomic E-state index is 13.9. The summed E-state index contributed by atoms with van der Waals surface area (Å²) < 4.78 is 20.1. The summed E-state index contributed by atoms with van der Waals surface area (Å²) in [4.78, 5) is 26.3. The quantitative estimate of drug-likeness (QED) is 0.620. The van der Waals surface area contributed by atoms with Gasteiger partial charge in [0, 0.05) is 63.4 Å².